The van der Waals surface area contributed by atoms with Gasteiger partial charge in [-0.05, 0) is 49.7 Å². The Labute approximate surface area is 117 Å². The Bertz CT molecular complexity index is 584. The fourth-order valence-electron chi connectivity index (χ4n) is 2.18. The van der Waals surface area contributed by atoms with Crippen LogP contribution in [0.1, 0.15) is 37.1 Å². The molecule has 2 unspecified atom stereocenters. The molecule has 0 bridgehead atoms. The smallest absolute Gasteiger partial charge is 0.123 e. The summed E-state index contributed by atoms with van der Waals surface area (Å²) in [4.78, 5) is 0. The number of rotatable bonds is 4. The molecule has 0 aliphatic carbocycles. The van der Waals surface area contributed by atoms with Crippen LogP contribution < -0.4 is 5.32 Å². The number of nitrogens with one attached hydrogen (secondary N) is 1. The van der Waals surface area contributed by atoms with E-state index in [9.17, 15) is 13.9 Å². The second-order valence-electron chi connectivity index (χ2n) is 4.86. The Balaban J connectivity index is 2.12. The number of aromatic hydroxyl groups is 1. The van der Waals surface area contributed by atoms with Crippen LogP contribution in [0.25, 0.3) is 0 Å². The van der Waals surface area contributed by atoms with Crippen LogP contribution in [0.15, 0.2) is 42.5 Å². The van der Waals surface area contributed by atoms with E-state index in [1.54, 1.807) is 12.1 Å². The van der Waals surface area contributed by atoms with Gasteiger partial charge in [-0.25, -0.2) is 8.78 Å². The molecule has 0 spiro atoms. The van der Waals surface area contributed by atoms with Crippen LogP contribution in [0.5, 0.6) is 5.75 Å². The summed E-state index contributed by atoms with van der Waals surface area (Å²) in [6.07, 6.45) is 0. The van der Waals surface area contributed by atoms with Gasteiger partial charge in [0.1, 0.15) is 17.4 Å². The van der Waals surface area contributed by atoms with Gasteiger partial charge in [-0.2, -0.15) is 0 Å². The molecule has 0 aromatic heterocycles. The van der Waals surface area contributed by atoms with Crippen molar-refractivity contribution >= 4 is 0 Å². The van der Waals surface area contributed by atoms with E-state index >= 15 is 0 Å². The topological polar surface area (TPSA) is 32.3 Å². The van der Waals surface area contributed by atoms with Gasteiger partial charge in [-0.15, -0.1) is 0 Å². The van der Waals surface area contributed by atoms with Crippen molar-refractivity contribution in [3.63, 3.8) is 0 Å². The van der Waals surface area contributed by atoms with E-state index in [0.29, 0.717) is 5.56 Å². The summed E-state index contributed by atoms with van der Waals surface area (Å²) in [5, 5.41) is 13.0. The average Bonchev–Trinajstić information content (AvgIpc) is 2.42. The van der Waals surface area contributed by atoms with Gasteiger partial charge in [0.25, 0.3) is 0 Å². The normalized spacial score (nSPS) is 14.0. The summed E-state index contributed by atoms with van der Waals surface area (Å²) in [6.45, 7) is 3.77. The number of benzene rings is 2. The van der Waals surface area contributed by atoms with Gasteiger partial charge in [0.15, 0.2) is 0 Å². The molecule has 2 atom stereocenters. The molecule has 106 valence electrons. The quantitative estimate of drug-likeness (QED) is 0.882. The fraction of sp³-hybridized carbons (Fsp3) is 0.250. The molecule has 0 radical (unpaired) electrons. The minimum absolute atomic E-state index is 0.0479. The van der Waals surface area contributed by atoms with Crippen LogP contribution in [0.2, 0.25) is 0 Å². The summed E-state index contributed by atoms with van der Waals surface area (Å²) < 4.78 is 26.1. The van der Waals surface area contributed by atoms with Gasteiger partial charge in [0.2, 0.25) is 0 Å². The van der Waals surface area contributed by atoms with E-state index in [1.165, 1.54) is 30.3 Å². The van der Waals surface area contributed by atoms with Crippen molar-refractivity contribution in [1.82, 2.24) is 5.32 Å². The summed E-state index contributed by atoms with van der Waals surface area (Å²) in [6, 6.07) is 9.79. The number of halogens is 2. The Morgan fingerprint density at radius 2 is 1.50 bits per heavy atom. The van der Waals surface area contributed by atoms with Crippen molar-refractivity contribution in [2.24, 2.45) is 0 Å². The summed E-state index contributed by atoms with van der Waals surface area (Å²) >= 11 is 0. The van der Waals surface area contributed by atoms with Crippen LogP contribution >= 0.6 is 0 Å². The molecular formula is C16H17F2NO. The lowest BCUT2D eigenvalue weighted by molar-refractivity contribution is 0.435. The lowest BCUT2D eigenvalue weighted by Crippen LogP contribution is -2.22. The minimum atomic E-state index is -0.388. The second-order valence-corrected chi connectivity index (χ2v) is 4.86. The van der Waals surface area contributed by atoms with Crippen molar-refractivity contribution in [2.75, 3.05) is 0 Å². The fourth-order valence-corrected chi connectivity index (χ4v) is 2.18. The molecule has 0 aliphatic rings. The van der Waals surface area contributed by atoms with Gasteiger partial charge in [-0.3, -0.25) is 0 Å². The zero-order valence-electron chi connectivity index (χ0n) is 11.4. The average molecular weight is 277 g/mol. The molecule has 20 heavy (non-hydrogen) atoms. The highest BCUT2D eigenvalue weighted by Crippen LogP contribution is 2.27. The number of hydrogen-bond donors (Lipinski definition) is 2. The predicted octanol–water partition coefficient (Wildman–Crippen LogP) is 4.08. The lowest BCUT2D eigenvalue weighted by Gasteiger charge is -2.21. The minimum Gasteiger partial charge on any atom is -0.508 e. The number of phenols is 1. The Morgan fingerprint density at radius 1 is 0.900 bits per heavy atom. The first-order chi connectivity index (χ1) is 9.47. The zero-order chi connectivity index (χ0) is 14.7. The zero-order valence-corrected chi connectivity index (χ0v) is 11.4. The molecule has 0 heterocycles. The molecule has 2 aromatic rings. The Kier molecular flexibility index (Phi) is 4.35. The van der Waals surface area contributed by atoms with Crippen LogP contribution in [0, 0.1) is 11.6 Å². The first kappa shape index (κ1) is 14.5. The van der Waals surface area contributed by atoms with Crippen LogP contribution in [0.4, 0.5) is 8.78 Å². The highest BCUT2D eigenvalue weighted by molar-refractivity contribution is 5.35. The predicted molar refractivity (Wildman–Crippen MR) is 74.4 cm³/mol. The third-order valence-corrected chi connectivity index (χ3v) is 3.33. The first-order valence-electron chi connectivity index (χ1n) is 6.47. The van der Waals surface area contributed by atoms with E-state index in [0.717, 1.165) is 5.56 Å². The maximum absolute atomic E-state index is 13.2. The van der Waals surface area contributed by atoms with E-state index in [2.05, 4.69) is 5.32 Å². The van der Waals surface area contributed by atoms with Crippen LogP contribution in [-0.2, 0) is 0 Å². The molecule has 0 aliphatic heterocycles. The number of phenolic OH excluding ortho intramolecular Hbond substituents is 1. The van der Waals surface area contributed by atoms with E-state index in [4.69, 9.17) is 0 Å². The van der Waals surface area contributed by atoms with Crippen molar-refractivity contribution in [3.8, 4) is 5.75 Å². The summed E-state index contributed by atoms with van der Waals surface area (Å²) in [5.41, 5.74) is 1.42. The standard InChI is InChI=1S/C16H17F2NO/c1-10(12-3-5-13(17)6-4-12)19-11(2)15-9-14(18)7-8-16(15)20/h3-11,19-20H,1-2H3. The lowest BCUT2D eigenvalue weighted by atomic mass is 10.0. The molecule has 0 amide bonds. The van der Waals surface area contributed by atoms with E-state index < -0.39 is 0 Å². The molecule has 0 saturated heterocycles. The SMILES string of the molecule is CC(NC(C)c1cc(F)ccc1O)c1ccc(F)cc1. The van der Waals surface area contributed by atoms with E-state index in [1.807, 2.05) is 13.8 Å². The monoisotopic (exact) mass is 277 g/mol. The summed E-state index contributed by atoms with van der Waals surface area (Å²) in [7, 11) is 0. The van der Waals surface area contributed by atoms with Crippen LogP contribution in [0.3, 0.4) is 0 Å². The molecule has 2 rings (SSSR count). The molecular weight excluding hydrogens is 260 g/mol. The van der Waals surface area contributed by atoms with E-state index in [-0.39, 0.29) is 29.5 Å². The molecule has 0 saturated carbocycles. The van der Waals surface area contributed by atoms with Gasteiger partial charge in [0.05, 0.1) is 0 Å². The maximum atomic E-state index is 13.2. The summed E-state index contributed by atoms with van der Waals surface area (Å²) in [5.74, 6) is -0.615. The highest BCUT2D eigenvalue weighted by Gasteiger charge is 2.15. The Hall–Kier alpha value is -1.94. The van der Waals surface area contributed by atoms with Crippen molar-refractivity contribution in [2.45, 2.75) is 25.9 Å². The first-order valence-corrected chi connectivity index (χ1v) is 6.47. The van der Waals surface area contributed by atoms with Crippen LogP contribution in [-0.4, -0.2) is 5.11 Å². The third kappa shape index (κ3) is 3.33. The molecule has 0 fully saturated rings. The number of hydrogen-bond acceptors (Lipinski definition) is 2. The van der Waals surface area contributed by atoms with Crippen molar-refractivity contribution in [3.05, 3.63) is 65.2 Å². The molecule has 4 heteroatoms. The van der Waals surface area contributed by atoms with Gasteiger partial charge in [0, 0.05) is 17.6 Å². The molecule has 2 nitrogen and oxygen atoms in total. The van der Waals surface area contributed by atoms with Crippen molar-refractivity contribution < 1.29 is 13.9 Å². The van der Waals surface area contributed by atoms with Gasteiger partial charge < -0.3 is 10.4 Å². The van der Waals surface area contributed by atoms with Gasteiger partial charge in [-0.1, -0.05) is 12.1 Å². The molecule has 2 N–H and O–H groups in total. The van der Waals surface area contributed by atoms with Crippen molar-refractivity contribution in [1.29, 1.82) is 0 Å². The third-order valence-electron chi connectivity index (χ3n) is 3.33. The highest BCUT2D eigenvalue weighted by atomic mass is 19.1. The van der Waals surface area contributed by atoms with Gasteiger partial charge >= 0.3 is 0 Å². The maximum Gasteiger partial charge on any atom is 0.123 e. The second kappa shape index (κ2) is 6.01. The largest absolute Gasteiger partial charge is 0.508 e. The molecule has 2 aromatic carbocycles. The Morgan fingerprint density at radius 3 is 2.15 bits per heavy atom.